The molecule has 6 nitrogen and oxygen atoms in total. The van der Waals surface area contributed by atoms with E-state index in [1.807, 2.05) is 0 Å². The molecule has 0 aromatic carbocycles. The molecule has 0 heterocycles. The summed E-state index contributed by atoms with van der Waals surface area (Å²) in [6, 6.07) is 0. The van der Waals surface area contributed by atoms with Crippen LogP contribution in [-0.4, -0.2) is 37.2 Å². The van der Waals surface area contributed by atoms with Crippen molar-refractivity contribution in [3.8, 4) is 0 Å². The summed E-state index contributed by atoms with van der Waals surface area (Å²) in [5, 5.41) is 0. The van der Waals surface area contributed by atoms with E-state index in [0.717, 1.165) is 64.2 Å². The second kappa shape index (κ2) is 65.2. The molecule has 0 radical (unpaired) electrons. The first-order valence-corrected chi connectivity index (χ1v) is 34.0. The third-order valence-corrected chi connectivity index (χ3v) is 15.3. The Balaban J connectivity index is 4.28. The Labute approximate surface area is 474 Å². The highest BCUT2D eigenvalue weighted by atomic mass is 16.6. The van der Waals surface area contributed by atoms with E-state index in [9.17, 15) is 14.4 Å². The molecule has 0 spiro atoms. The van der Waals surface area contributed by atoms with E-state index in [0.29, 0.717) is 19.3 Å². The number of ether oxygens (including phenoxy) is 3. The van der Waals surface area contributed by atoms with E-state index in [1.165, 1.54) is 270 Å². The Morgan fingerprint density at radius 1 is 0.250 bits per heavy atom. The molecule has 76 heavy (non-hydrogen) atoms. The molecule has 1 unspecified atom stereocenters. The highest BCUT2D eigenvalue weighted by Gasteiger charge is 2.19. The maximum Gasteiger partial charge on any atom is 0.306 e. The van der Waals surface area contributed by atoms with Crippen molar-refractivity contribution >= 4 is 17.9 Å². The molecule has 0 saturated heterocycles. The van der Waals surface area contributed by atoms with Gasteiger partial charge in [-0.25, -0.2) is 0 Å². The van der Waals surface area contributed by atoms with Crippen LogP contribution in [0.25, 0.3) is 0 Å². The first kappa shape index (κ1) is 73.6. The highest BCUT2D eigenvalue weighted by Crippen LogP contribution is 2.17. The Morgan fingerprint density at radius 2 is 0.434 bits per heavy atom. The summed E-state index contributed by atoms with van der Waals surface area (Å²) in [4.78, 5) is 38.4. The van der Waals surface area contributed by atoms with Gasteiger partial charge < -0.3 is 14.2 Å². The van der Waals surface area contributed by atoms with E-state index < -0.39 is 6.10 Å². The van der Waals surface area contributed by atoms with Gasteiger partial charge in [-0.3, -0.25) is 14.4 Å². The van der Waals surface area contributed by atoms with Gasteiger partial charge in [0.1, 0.15) is 13.2 Å². The molecule has 0 rings (SSSR count). The molecule has 0 aromatic heterocycles. The average molecular weight is 1070 g/mol. The Bertz CT molecular complexity index is 1270. The average Bonchev–Trinajstić information content (AvgIpc) is 3.42. The molecule has 0 aliphatic heterocycles. The lowest BCUT2D eigenvalue weighted by Gasteiger charge is -2.18. The van der Waals surface area contributed by atoms with Crippen molar-refractivity contribution in [2.75, 3.05) is 13.2 Å². The molecule has 0 fully saturated rings. The molecule has 446 valence electrons. The SMILES string of the molecule is CCCCCCCC/C=C\CCCCCCCC(=O)OCC(COC(=O)CCCCCCCCCCCCCCC/C=C\CCCCCCCCCC)OC(=O)CCCCCCCCC/C=C\CCCCCCCCC. The third kappa shape index (κ3) is 62.5. The van der Waals surface area contributed by atoms with Crippen LogP contribution >= 0.6 is 0 Å². The number of hydrogen-bond donors (Lipinski definition) is 0. The summed E-state index contributed by atoms with van der Waals surface area (Å²) in [6.45, 7) is 6.68. The van der Waals surface area contributed by atoms with Crippen LogP contribution in [0, 0.1) is 0 Å². The van der Waals surface area contributed by atoms with Crippen molar-refractivity contribution in [1.29, 1.82) is 0 Å². The fraction of sp³-hybridized carbons (Fsp3) is 0.871. The lowest BCUT2D eigenvalue weighted by atomic mass is 10.0. The van der Waals surface area contributed by atoms with E-state index in [1.54, 1.807) is 0 Å². The van der Waals surface area contributed by atoms with E-state index in [4.69, 9.17) is 14.2 Å². The van der Waals surface area contributed by atoms with Gasteiger partial charge in [-0.05, 0) is 96.3 Å². The predicted octanol–water partition coefficient (Wildman–Crippen LogP) is 23.2. The van der Waals surface area contributed by atoms with Crippen molar-refractivity contribution in [3.63, 3.8) is 0 Å². The van der Waals surface area contributed by atoms with Gasteiger partial charge in [-0.15, -0.1) is 0 Å². The van der Waals surface area contributed by atoms with Crippen molar-refractivity contribution < 1.29 is 28.6 Å². The second-order valence-electron chi connectivity index (χ2n) is 23.1. The number of rotatable bonds is 63. The van der Waals surface area contributed by atoms with Crippen LogP contribution in [0.3, 0.4) is 0 Å². The standard InChI is InChI=1S/C70H130O6/c1-4-7-10-13-16-19-22-25-28-30-32-33-34-35-36-37-38-40-42-45-48-51-54-57-60-63-69(72)75-66-67(65-74-68(71)62-59-56-53-50-47-44-41-27-24-21-18-15-12-9-6-3)76-70(73)64-61-58-55-52-49-46-43-39-31-29-26-23-20-17-14-11-8-5-2/h27,29-32,41,67H,4-26,28,33-40,42-66H2,1-3H3/b31-29-,32-30-,41-27-. The zero-order valence-electron chi connectivity index (χ0n) is 51.3. The normalized spacial score (nSPS) is 12.2. The van der Waals surface area contributed by atoms with Gasteiger partial charge >= 0.3 is 17.9 Å². The molecule has 0 aliphatic carbocycles. The minimum absolute atomic E-state index is 0.0731. The Morgan fingerprint density at radius 3 is 0.658 bits per heavy atom. The predicted molar refractivity (Wildman–Crippen MR) is 330 cm³/mol. The zero-order valence-corrected chi connectivity index (χ0v) is 51.3. The second-order valence-corrected chi connectivity index (χ2v) is 23.1. The van der Waals surface area contributed by atoms with Gasteiger partial charge in [0, 0.05) is 19.3 Å². The molecule has 6 heteroatoms. The first-order valence-electron chi connectivity index (χ1n) is 34.0. The zero-order chi connectivity index (χ0) is 55.0. The van der Waals surface area contributed by atoms with Crippen LogP contribution < -0.4 is 0 Å². The van der Waals surface area contributed by atoms with Crippen LogP contribution in [0.1, 0.15) is 374 Å². The summed E-state index contributed by atoms with van der Waals surface area (Å²) in [6.07, 6.45) is 80.2. The maximum absolute atomic E-state index is 12.9. The fourth-order valence-electron chi connectivity index (χ4n) is 10.2. The van der Waals surface area contributed by atoms with Gasteiger partial charge in [0.15, 0.2) is 6.10 Å². The number of allylic oxidation sites excluding steroid dienone is 6. The van der Waals surface area contributed by atoms with Gasteiger partial charge in [0.25, 0.3) is 0 Å². The minimum Gasteiger partial charge on any atom is -0.462 e. The molecular weight excluding hydrogens is 937 g/mol. The van der Waals surface area contributed by atoms with Crippen LogP contribution in [0.15, 0.2) is 36.5 Å². The molecule has 0 saturated carbocycles. The molecule has 0 aliphatic rings. The molecule has 0 amide bonds. The molecule has 0 bridgehead atoms. The number of hydrogen-bond acceptors (Lipinski definition) is 6. The third-order valence-electron chi connectivity index (χ3n) is 15.3. The van der Waals surface area contributed by atoms with Gasteiger partial charge in [-0.1, -0.05) is 295 Å². The maximum atomic E-state index is 12.9. The van der Waals surface area contributed by atoms with Crippen molar-refractivity contribution in [3.05, 3.63) is 36.5 Å². The van der Waals surface area contributed by atoms with E-state index >= 15 is 0 Å². The largest absolute Gasteiger partial charge is 0.462 e. The fourth-order valence-corrected chi connectivity index (χ4v) is 10.2. The van der Waals surface area contributed by atoms with Gasteiger partial charge in [-0.2, -0.15) is 0 Å². The molecule has 1 atom stereocenters. The Hall–Kier alpha value is -2.37. The molecular formula is C70H130O6. The summed E-state index contributed by atoms with van der Waals surface area (Å²) >= 11 is 0. The number of unbranched alkanes of at least 4 members (excludes halogenated alkanes) is 46. The molecule has 0 aromatic rings. The number of carbonyl (C=O) groups is 3. The summed E-state index contributed by atoms with van der Waals surface area (Å²) < 4.78 is 17.0. The van der Waals surface area contributed by atoms with Crippen molar-refractivity contribution in [2.45, 2.75) is 380 Å². The lowest BCUT2D eigenvalue weighted by molar-refractivity contribution is -0.167. The van der Waals surface area contributed by atoms with Crippen LogP contribution in [0.4, 0.5) is 0 Å². The van der Waals surface area contributed by atoms with Crippen LogP contribution in [0.5, 0.6) is 0 Å². The molecule has 0 N–H and O–H groups in total. The summed E-state index contributed by atoms with van der Waals surface area (Å²) in [5.74, 6) is -0.862. The smallest absolute Gasteiger partial charge is 0.306 e. The highest BCUT2D eigenvalue weighted by molar-refractivity contribution is 5.71. The number of carbonyl (C=O) groups excluding carboxylic acids is 3. The van der Waals surface area contributed by atoms with E-state index in [-0.39, 0.29) is 31.1 Å². The van der Waals surface area contributed by atoms with Crippen LogP contribution in [-0.2, 0) is 28.6 Å². The van der Waals surface area contributed by atoms with Gasteiger partial charge in [0.2, 0.25) is 0 Å². The van der Waals surface area contributed by atoms with E-state index in [2.05, 4.69) is 57.2 Å². The first-order chi connectivity index (χ1) is 37.5. The summed E-state index contributed by atoms with van der Waals surface area (Å²) in [7, 11) is 0. The topological polar surface area (TPSA) is 78.9 Å². The number of esters is 3. The van der Waals surface area contributed by atoms with Crippen molar-refractivity contribution in [1.82, 2.24) is 0 Å². The monoisotopic (exact) mass is 1070 g/mol. The summed E-state index contributed by atoms with van der Waals surface area (Å²) in [5.41, 5.74) is 0. The minimum atomic E-state index is -0.777. The quantitative estimate of drug-likeness (QED) is 0.0261. The van der Waals surface area contributed by atoms with Crippen LogP contribution in [0.2, 0.25) is 0 Å². The van der Waals surface area contributed by atoms with Gasteiger partial charge in [0.05, 0.1) is 0 Å². The Kier molecular flexibility index (Phi) is 63.1. The van der Waals surface area contributed by atoms with Crippen molar-refractivity contribution in [2.24, 2.45) is 0 Å². The lowest BCUT2D eigenvalue weighted by Crippen LogP contribution is -2.30.